The van der Waals surface area contributed by atoms with E-state index in [9.17, 15) is 0 Å². The van der Waals surface area contributed by atoms with Crippen LogP contribution in [0.5, 0.6) is 5.75 Å². The summed E-state index contributed by atoms with van der Waals surface area (Å²) in [4.78, 5) is 0. The molecule has 0 radical (unpaired) electrons. The van der Waals surface area contributed by atoms with Crippen LogP contribution in [-0.2, 0) is 0 Å². The third kappa shape index (κ3) is 0.486. The summed E-state index contributed by atoms with van der Waals surface area (Å²) in [7, 11) is 0. The van der Waals surface area contributed by atoms with Gasteiger partial charge in [0.05, 0.1) is 0 Å². The fourth-order valence-corrected chi connectivity index (χ4v) is 0.974. The minimum Gasteiger partial charge on any atom is -0.507 e. The molecule has 1 aliphatic rings. The van der Waals surface area contributed by atoms with Gasteiger partial charge in [0.1, 0.15) is 5.75 Å². The lowest BCUT2D eigenvalue weighted by Gasteiger charge is -2.09. The molecule has 2 rings (SSSR count). The van der Waals surface area contributed by atoms with E-state index in [1.165, 1.54) is 0 Å². The Hall–Kier alpha value is -1.24. The molecule has 0 atom stereocenters. The zero-order valence-electron chi connectivity index (χ0n) is 4.83. The number of rotatable bonds is 0. The molecule has 1 nitrogen and oxygen atoms in total. The number of fused-ring (bicyclic) bond motifs is 1. The van der Waals surface area contributed by atoms with Gasteiger partial charge in [-0.1, -0.05) is 24.3 Å². The van der Waals surface area contributed by atoms with Crippen molar-refractivity contribution in [2.24, 2.45) is 0 Å². The van der Waals surface area contributed by atoms with E-state index in [0.717, 1.165) is 11.1 Å². The maximum Gasteiger partial charge on any atom is 0.123 e. The Morgan fingerprint density at radius 3 is 2.44 bits per heavy atom. The molecule has 0 bridgehead atoms. The van der Waals surface area contributed by atoms with Crippen LogP contribution in [0.15, 0.2) is 18.2 Å². The lowest BCUT2D eigenvalue weighted by Crippen LogP contribution is -1.87. The molecule has 1 N–H and O–H groups in total. The Bertz CT molecular complexity index is 274. The van der Waals surface area contributed by atoms with Gasteiger partial charge in [0.15, 0.2) is 0 Å². The average molecular weight is 118 g/mol. The summed E-state index contributed by atoms with van der Waals surface area (Å²) in [6, 6.07) is 5.52. The highest BCUT2D eigenvalue weighted by atomic mass is 16.3. The Balaban J connectivity index is 2.70. The van der Waals surface area contributed by atoms with E-state index in [4.69, 9.17) is 5.11 Å². The number of hydrogen-bond donors (Lipinski definition) is 1. The lowest BCUT2D eigenvalue weighted by atomic mass is 9.97. The molecule has 1 aromatic carbocycles. The smallest absolute Gasteiger partial charge is 0.123 e. The molecule has 9 heavy (non-hydrogen) atoms. The quantitative estimate of drug-likeness (QED) is 0.560. The Labute approximate surface area is 53.3 Å². The zero-order valence-corrected chi connectivity index (χ0v) is 4.83. The first-order chi connectivity index (χ1) is 4.38. The molecule has 44 valence electrons. The van der Waals surface area contributed by atoms with Gasteiger partial charge in [-0.3, -0.25) is 0 Å². The molecule has 0 aliphatic heterocycles. The average Bonchev–Trinajstić information content (AvgIpc) is 1.74. The Kier molecular flexibility index (Phi) is 0.707. The van der Waals surface area contributed by atoms with Crippen LogP contribution in [0.2, 0.25) is 0 Å². The normalized spacial score (nSPS) is 12.4. The second-order valence-electron chi connectivity index (χ2n) is 2.11. The monoisotopic (exact) mass is 118 g/mol. The van der Waals surface area contributed by atoms with Gasteiger partial charge in [-0.05, 0) is 11.6 Å². The molecule has 0 saturated carbocycles. The van der Waals surface area contributed by atoms with Gasteiger partial charge in [-0.2, -0.15) is 0 Å². The van der Waals surface area contributed by atoms with E-state index < -0.39 is 0 Å². The van der Waals surface area contributed by atoms with E-state index in [2.05, 4.69) is 0 Å². The molecule has 0 saturated heterocycles. The number of benzene rings is 1. The zero-order chi connectivity index (χ0) is 6.27. The molecule has 0 unspecified atom stereocenters. The maximum absolute atomic E-state index is 9.10. The first-order valence-corrected chi connectivity index (χ1v) is 2.88. The minimum absolute atomic E-state index is 0.384. The first-order valence-electron chi connectivity index (χ1n) is 2.88. The number of hydrogen-bond acceptors (Lipinski definition) is 1. The second-order valence-corrected chi connectivity index (χ2v) is 2.11. The summed E-state index contributed by atoms with van der Waals surface area (Å²) in [5.74, 6) is 0.384. The van der Waals surface area contributed by atoms with Crippen molar-refractivity contribution in [1.29, 1.82) is 0 Å². The molecule has 0 amide bonds. The summed E-state index contributed by atoms with van der Waals surface area (Å²) in [6.07, 6.45) is 3.89. The van der Waals surface area contributed by atoms with Crippen LogP contribution >= 0.6 is 0 Å². The van der Waals surface area contributed by atoms with E-state index in [1.54, 1.807) is 6.07 Å². The fourth-order valence-electron chi connectivity index (χ4n) is 0.974. The van der Waals surface area contributed by atoms with Crippen LogP contribution in [0.4, 0.5) is 0 Å². The fraction of sp³-hybridized carbons (Fsp3) is 0. The highest BCUT2D eigenvalue weighted by Crippen LogP contribution is 2.30. The van der Waals surface area contributed by atoms with Gasteiger partial charge in [0.25, 0.3) is 0 Å². The predicted octanol–water partition coefficient (Wildman–Crippen LogP) is 1.88. The van der Waals surface area contributed by atoms with Crippen LogP contribution in [0.1, 0.15) is 11.1 Å². The van der Waals surface area contributed by atoms with Crippen LogP contribution in [-0.4, -0.2) is 5.11 Å². The second kappa shape index (κ2) is 1.38. The van der Waals surface area contributed by atoms with Crippen LogP contribution in [0, 0.1) is 0 Å². The molecule has 0 heterocycles. The molecular weight excluding hydrogens is 112 g/mol. The number of phenolic OH excluding ortho intramolecular Hbond substituents is 1. The van der Waals surface area contributed by atoms with E-state index >= 15 is 0 Å². The molecule has 0 fully saturated rings. The van der Waals surface area contributed by atoms with Crippen molar-refractivity contribution in [2.45, 2.75) is 0 Å². The summed E-state index contributed by atoms with van der Waals surface area (Å²) in [5.41, 5.74) is 2.10. The molecule has 0 spiro atoms. The van der Waals surface area contributed by atoms with Crippen molar-refractivity contribution < 1.29 is 5.11 Å². The van der Waals surface area contributed by atoms with Gasteiger partial charge in [0.2, 0.25) is 0 Å². The van der Waals surface area contributed by atoms with Crippen LogP contribution < -0.4 is 0 Å². The van der Waals surface area contributed by atoms with Gasteiger partial charge in [0, 0.05) is 5.56 Å². The van der Waals surface area contributed by atoms with E-state index in [-0.39, 0.29) is 0 Å². The molecular formula is C8H6O. The largest absolute Gasteiger partial charge is 0.507 e. The Morgan fingerprint density at radius 1 is 1.11 bits per heavy atom. The van der Waals surface area contributed by atoms with Crippen molar-refractivity contribution in [3.05, 3.63) is 29.3 Å². The van der Waals surface area contributed by atoms with Crippen molar-refractivity contribution >= 4 is 12.2 Å². The van der Waals surface area contributed by atoms with Crippen LogP contribution in [0.25, 0.3) is 12.2 Å². The Morgan fingerprint density at radius 2 is 2.00 bits per heavy atom. The van der Waals surface area contributed by atoms with Crippen molar-refractivity contribution in [3.8, 4) is 5.75 Å². The van der Waals surface area contributed by atoms with Gasteiger partial charge in [-0.25, -0.2) is 0 Å². The van der Waals surface area contributed by atoms with E-state index in [0.29, 0.717) is 5.75 Å². The molecule has 0 aromatic heterocycles. The molecule has 1 heteroatoms. The summed E-state index contributed by atoms with van der Waals surface area (Å²) in [5, 5.41) is 9.10. The lowest BCUT2D eigenvalue weighted by molar-refractivity contribution is 0.473. The first kappa shape index (κ1) is 4.62. The van der Waals surface area contributed by atoms with Crippen LogP contribution in [0.3, 0.4) is 0 Å². The summed E-state index contributed by atoms with van der Waals surface area (Å²) >= 11 is 0. The standard InChI is InChI=1S/C8H6O/c9-8-3-1-2-6-4-5-7(6)8/h1-5,9H. The highest BCUT2D eigenvalue weighted by molar-refractivity contribution is 5.88. The SMILES string of the molecule is Oc1cccc2c1C=C2. The predicted molar refractivity (Wildman–Crippen MR) is 37.0 cm³/mol. The van der Waals surface area contributed by atoms with E-state index in [1.807, 2.05) is 24.3 Å². The van der Waals surface area contributed by atoms with Crippen molar-refractivity contribution in [1.82, 2.24) is 0 Å². The maximum atomic E-state index is 9.10. The summed E-state index contributed by atoms with van der Waals surface area (Å²) in [6.45, 7) is 0. The molecule has 1 aromatic rings. The third-order valence-corrected chi connectivity index (χ3v) is 1.55. The topological polar surface area (TPSA) is 20.2 Å². The van der Waals surface area contributed by atoms with Crippen molar-refractivity contribution in [3.63, 3.8) is 0 Å². The minimum atomic E-state index is 0.384. The number of phenols is 1. The number of aromatic hydroxyl groups is 1. The summed E-state index contributed by atoms with van der Waals surface area (Å²) < 4.78 is 0. The van der Waals surface area contributed by atoms with Gasteiger partial charge in [-0.15, -0.1) is 0 Å². The van der Waals surface area contributed by atoms with Gasteiger partial charge >= 0.3 is 0 Å². The van der Waals surface area contributed by atoms with Gasteiger partial charge < -0.3 is 5.11 Å². The highest BCUT2D eigenvalue weighted by Gasteiger charge is 2.07. The van der Waals surface area contributed by atoms with Crippen molar-refractivity contribution in [2.75, 3.05) is 0 Å². The molecule has 1 aliphatic carbocycles. The third-order valence-electron chi connectivity index (χ3n) is 1.55.